The van der Waals surface area contributed by atoms with Crippen LogP contribution in [0.4, 0.5) is 5.69 Å². The van der Waals surface area contributed by atoms with Crippen LogP contribution in [0.15, 0.2) is 101 Å². The van der Waals surface area contributed by atoms with Crippen molar-refractivity contribution in [2.24, 2.45) is 5.92 Å². The van der Waals surface area contributed by atoms with E-state index in [2.05, 4.69) is 15.0 Å². The number of amides is 1. The summed E-state index contributed by atoms with van der Waals surface area (Å²) in [5, 5.41) is 12.9. The van der Waals surface area contributed by atoms with E-state index in [1.807, 2.05) is 25.1 Å². The molecular formula is C33H31N3O7S. The van der Waals surface area contributed by atoms with E-state index in [4.69, 9.17) is 9.15 Å². The van der Waals surface area contributed by atoms with Gasteiger partial charge in [0.05, 0.1) is 10.3 Å². The molecule has 0 aliphatic carbocycles. The smallest absolute Gasteiger partial charge is 0.322 e. The largest absolute Gasteiger partial charge is 0.488 e. The Bertz CT molecular complexity index is 1900. The molecule has 0 unspecified atom stereocenters. The fourth-order valence-corrected chi connectivity index (χ4v) is 6.05. The van der Waals surface area contributed by atoms with Crippen LogP contribution in [0.1, 0.15) is 35.5 Å². The zero-order valence-corrected chi connectivity index (χ0v) is 25.1. The molecule has 5 aromatic rings. The first-order valence-corrected chi connectivity index (χ1v) is 15.3. The predicted octanol–water partition coefficient (Wildman–Crippen LogP) is 6.02. The van der Waals surface area contributed by atoms with Gasteiger partial charge in [-0.2, -0.15) is 4.72 Å². The van der Waals surface area contributed by atoms with Crippen molar-refractivity contribution in [1.29, 1.82) is 0 Å². The lowest BCUT2D eigenvalue weighted by atomic mass is 10.1. The van der Waals surface area contributed by atoms with Gasteiger partial charge in [0.25, 0.3) is 5.91 Å². The lowest BCUT2D eigenvalue weighted by Crippen LogP contribution is -2.44. The van der Waals surface area contributed by atoms with E-state index in [1.165, 1.54) is 12.1 Å². The molecule has 0 radical (unpaired) electrons. The number of hydrogen-bond acceptors (Lipinski definition) is 7. The number of carboxylic acid groups (broad SMARTS) is 1. The first kappa shape index (κ1) is 30.5. The zero-order valence-electron chi connectivity index (χ0n) is 24.3. The third kappa shape index (κ3) is 6.64. The minimum atomic E-state index is -4.03. The van der Waals surface area contributed by atoms with Crippen LogP contribution in [0, 0.1) is 12.8 Å². The van der Waals surface area contributed by atoms with Gasteiger partial charge in [0.15, 0.2) is 5.76 Å². The summed E-state index contributed by atoms with van der Waals surface area (Å²) >= 11 is 0. The van der Waals surface area contributed by atoms with Gasteiger partial charge in [0.2, 0.25) is 10.0 Å². The Balaban J connectivity index is 1.28. The minimum absolute atomic E-state index is 0.0381. The summed E-state index contributed by atoms with van der Waals surface area (Å²) in [6.07, 6.45) is 3.43. The van der Waals surface area contributed by atoms with Crippen LogP contribution in [0.25, 0.3) is 22.1 Å². The van der Waals surface area contributed by atoms with Crippen LogP contribution in [0.5, 0.6) is 5.75 Å². The minimum Gasteiger partial charge on any atom is -0.488 e. The molecule has 5 rings (SSSR count). The van der Waals surface area contributed by atoms with E-state index in [0.29, 0.717) is 29.2 Å². The number of benzene rings is 3. The van der Waals surface area contributed by atoms with Crippen molar-refractivity contribution in [1.82, 2.24) is 9.71 Å². The molecule has 11 heteroatoms. The molecule has 3 aromatic carbocycles. The molecule has 3 N–H and O–H groups in total. The van der Waals surface area contributed by atoms with E-state index < -0.39 is 33.9 Å². The number of carbonyl (C=O) groups excluding carboxylic acids is 1. The number of pyridine rings is 1. The number of ether oxygens (including phenoxy) is 1. The van der Waals surface area contributed by atoms with Crippen molar-refractivity contribution in [3.05, 3.63) is 108 Å². The number of aliphatic carboxylic acids is 1. The average molecular weight is 614 g/mol. The Hall–Kier alpha value is -5.00. The summed E-state index contributed by atoms with van der Waals surface area (Å²) in [7, 11) is -4.03. The number of aromatic nitrogens is 1. The van der Waals surface area contributed by atoms with Crippen molar-refractivity contribution < 1.29 is 32.3 Å². The predicted molar refractivity (Wildman–Crippen MR) is 166 cm³/mol. The molecular weight excluding hydrogens is 582 g/mol. The Morgan fingerprint density at radius 2 is 1.64 bits per heavy atom. The number of nitrogens with zero attached hydrogens (tertiary/aromatic N) is 1. The number of aryl methyl sites for hydroxylation is 1. The number of furan rings is 1. The lowest BCUT2D eigenvalue weighted by Gasteiger charge is -2.18. The van der Waals surface area contributed by atoms with Crippen molar-refractivity contribution >= 4 is 38.6 Å². The van der Waals surface area contributed by atoms with Crippen molar-refractivity contribution in [3.63, 3.8) is 0 Å². The second-order valence-corrected chi connectivity index (χ2v) is 12.3. The second-order valence-electron chi connectivity index (χ2n) is 10.6. The molecule has 0 aliphatic rings. The monoisotopic (exact) mass is 613 g/mol. The van der Waals surface area contributed by atoms with E-state index in [1.54, 1.807) is 74.8 Å². The van der Waals surface area contributed by atoms with Crippen LogP contribution >= 0.6 is 0 Å². The summed E-state index contributed by atoms with van der Waals surface area (Å²) in [5.74, 6) is -1.29. The summed E-state index contributed by atoms with van der Waals surface area (Å²) in [5.41, 5.74) is 4.19. The van der Waals surface area contributed by atoms with Gasteiger partial charge in [0.1, 0.15) is 24.0 Å². The SMILES string of the molecule is Cc1c(C(=O)Nc2ccc(-c3ccc(S(=O)(=O)N[C@H](C(=O)O)C(C)C)cc3)cc2)oc2cccc(OCc3cccnc3)c12. The zero-order chi connectivity index (χ0) is 31.4. The lowest BCUT2D eigenvalue weighted by molar-refractivity contribution is -0.140. The molecule has 0 saturated carbocycles. The van der Waals surface area contributed by atoms with Crippen LogP contribution in [0.3, 0.4) is 0 Å². The average Bonchev–Trinajstić information content (AvgIpc) is 3.36. The van der Waals surface area contributed by atoms with Crippen molar-refractivity contribution in [2.45, 2.75) is 38.3 Å². The molecule has 44 heavy (non-hydrogen) atoms. The molecule has 0 bridgehead atoms. The molecule has 0 spiro atoms. The number of hydrogen-bond donors (Lipinski definition) is 3. The quantitative estimate of drug-likeness (QED) is 0.164. The molecule has 0 fully saturated rings. The van der Waals surface area contributed by atoms with E-state index in [0.717, 1.165) is 22.1 Å². The van der Waals surface area contributed by atoms with Gasteiger partial charge in [-0.3, -0.25) is 14.6 Å². The summed E-state index contributed by atoms with van der Waals surface area (Å²) in [6.45, 7) is 5.40. The Morgan fingerprint density at radius 3 is 2.25 bits per heavy atom. The normalized spacial score (nSPS) is 12.3. The topological polar surface area (TPSA) is 148 Å². The molecule has 0 saturated heterocycles. The van der Waals surface area contributed by atoms with Gasteiger partial charge in [-0.25, -0.2) is 8.42 Å². The Kier molecular flexibility index (Phi) is 8.79. The second kappa shape index (κ2) is 12.7. The van der Waals surface area contributed by atoms with Crippen molar-refractivity contribution in [3.8, 4) is 16.9 Å². The number of anilines is 1. The van der Waals surface area contributed by atoms with Gasteiger partial charge in [-0.15, -0.1) is 0 Å². The van der Waals surface area contributed by atoms with Crippen LogP contribution < -0.4 is 14.8 Å². The summed E-state index contributed by atoms with van der Waals surface area (Å²) in [4.78, 5) is 28.7. The van der Waals surface area contributed by atoms with Crippen molar-refractivity contribution in [2.75, 3.05) is 5.32 Å². The Morgan fingerprint density at radius 1 is 0.955 bits per heavy atom. The van der Waals surface area contributed by atoms with E-state index in [-0.39, 0.29) is 10.7 Å². The highest BCUT2D eigenvalue weighted by atomic mass is 32.2. The molecule has 1 atom stereocenters. The maximum Gasteiger partial charge on any atom is 0.322 e. The maximum absolute atomic E-state index is 13.2. The molecule has 10 nitrogen and oxygen atoms in total. The Labute approximate surface area is 254 Å². The number of fused-ring (bicyclic) bond motifs is 1. The summed E-state index contributed by atoms with van der Waals surface area (Å²) < 4.78 is 39.6. The van der Waals surface area contributed by atoms with Gasteiger partial charge in [-0.05, 0) is 66.4 Å². The highest BCUT2D eigenvalue weighted by Gasteiger charge is 2.28. The highest BCUT2D eigenvalue weighted by molar-refractivity contribution is 7.89. The van der Waals surface area contributed by atoms with Gasteiger partial charge in [-0.1, -0.05) is 50.2 Å². The van der Waals surface area contributed by atoms with Gasteiger partial charge < -0.3 is 19.6 Å². The molecule has 2 heterocycles. The molecule has 226 valence electrons. The molecule has 1 amide bonds. The molecule has 2 aromatic heterocycles. The standard InChI is InChI=1S/C33H31N3O7S/c1-20(2)30(33(38)39)36-44(40,41)26-15-11-24(12-16-26)23-9-13-25(14-10-23)35-32(37)31-21(3)29-27(7-4-8-28(29)43-31)42-19-22-6-5-17-34-18-22/h4-18,20,30,36H,19H2,1-3H3,(H,35,37)(H,38,39)/t30-/m0/s1. The number of nitrogens with one attached hydrogen (secondary N) is 2. The first-order valence-electron chi connectivity index (χ1n) is 13.8. The highest BCUT2D eigenvalue weighted by Crippen LogP contribution is 2.34. The summed E-state index contributed by atoms with van der Waals surface area (Å²) in [6, 6.07) is 21.1. The number of carbonyl (C=O) groups is 2. The third-order valence-electron chi connectivity index (χ3n) is 7.09. The number of sulfonamides is 1. The van der Waals surface area contributed by atoms with E-state index >= 15 is 0 Å². The number of carboxylic acids is 1. The van der Waals surface area contributed by atoms with Crippen LogP contribution in [-0.2, 0) is 21.4 Å². The fourth-order valence-electron chi connectivity index (χ4n) is 4.71. The van der Waals surface area contributed by atoms with Crippen LogP contribution in [-0.4, -0.2) is 36.4 Å². The van der Waals surface area contributed by atoms with Crippen LogP contribution in [0.2, 0.25) is 0 Å². The first-order chi connectivity index (χ1) is 21.0. The maximum atomic E-state index is 13.2. The fraction of sp³-hybridized carbons (Fsp3) is 0.182. The molecule has 0 aliphatic heterocycles. The van der Waals surface area contributed by atoms with E-state index in [9.17, 15) is 23.1 Å². The van der Waals surface area contributed by atoms with Gasteiger partial charge in [0, 0.05) is 29.2 Å². The van der Waals surface area contributed by atoms with Gasteiger partial charge >= 0.3 is 5.97 Å². The third-order valence-corrected chi connectivity index (χ3v) is 8.55. The number of rotatable bonds is 11.